The van der Waals surface area contributed by atoms with Gasteiger partial charge in [-0.15, -0.1) is 0 Å². The Bertz CT molecular complexity index is 499. The first kappa shape index (κ1) is 15.7. The number of rotatable bonds is 4. The SMILES string of the molecule is CC1(C)OB(c2cnc(NCC3CCCO3)nc2)OC1(C)C. The fourth-order valence-electron chi connectivity index (χ4n) is 2.54. The molecule has 1 aromatic rings. The number of hydrogen-bond donors (Lipinski definition) is 1. The molecule has 1 N–H and O–H groups in total. The van der Waals surface area contributed by atoms with Gasteiger partial charge in [-0.25, -0.2) is 9.97 Å². The first-order valence-corrected chi connectivity index (χ1v) is 7.90. The first-order chi connectivity index (χ1) is 10.4. The van der Waals surface area contributed by atoms with E-state index in [1.165, 1.54) is 0 Å². The third-order valence-corrected chi connectivity index (χ3v) is 4.71. The monoisotopic (exact) mass is 305 g/mol. The van der Waals surface area contributed by atoms with Crippen LogP contribution in [0, 0.1) is 0 Å². The van der Waals surface area contributed by atoms with Crippen molar-refractivity contribution in [3.63, 3.8) is 0 Å². The van der Waals surface area contributed by atoms with Gasteiger partial charge in [-0.05, 0) is 40.5 Å². The van der Waals surface area contributed by atoms with Gasteiger partial charge in [0.25, 0.3) is 0 Å². The molecule has 2 saturated heterocycles. The van der Waals surface area contributed by atoms with Crippen LogP contribution in [0.25, 0.3) is 0 Å². The predicted molar refractivity (Wildman–Crippen MR) is 85.2 cm³/mol. The predicted octanol–water partition coefficient (Wildman–Crippen LogP) is 1.37. The van der Waals surface area contributed by atoms with Crippen LogP contribution in [0.4, 0.5) is 5.95 Å². The summed E-state index contributed by atoms with van der Waals surface area (Å²) in [5.74, 6) is 0.607. The molecule has 120 valence electrons. The Morgan fingerprint density at radius 2 is 1.82 bits per heavy atom. The Morgan fingerprint density at radius 3 is 2.36 bits per heavy atom. The van der Waals surface area contributed by atoms with Crippen LogP contribution in [0.2, 0.25) is 0 Å². The second-order valence-corrected chi connectivity index (χ2v) is 6.94. The molecule has 6 nitrogen and oxygen atoms in total. The van der Waals surface area contributed by atoms with Crippen LogP contribution >= 0.6 is 0 Å². The molecule has 1 unspecified atom stereocenters. The van der Waals surface area contributed by atoms with Gasteiger partial charge in [0.15, 0.2) is 0 Å². The van der Waals surface area contributed by atoms with Gasteiger partial charge >= 0.3 is 7.12 Å². The minimum atomic E-state index is -0.419. The zero-order chi connectivity index (χ0) is 15.8. The van der Waals surface area contributed by atoms with E-state index in [1.54, 1.807) is 12.4 Å². The summed E-state index contributed by atoms with van der Waals surface area (Å²) in [7, 11) is -0.419. The summed E-state index contributed by atoms with van der Waals surface area (Å²) in [4.78, 5) is 8.68. The van der Waals surface area contributed by atoms with E-state index in [9.17, 15) is 0 Å². The molecule has 1 aromatic heterocycles. The molecular formula is C15H24BN3O3. The molecule has 3 heterocycles. The highest BCUT2D eigenvalue weighted by molar-refractivity contribution is 6.61. The standard InChI is InChI=1S/C15H24BN3O3/c1-14(2)15(3,4)22-16(21-14)11-8-17-13(18-9-11)19-10-12-6-5-7-20-12/h8-9,12H,5-7,10H2,1-4H3,(H,17,18,19). The summed E-state index contributed by atoms with van der Waals surface area (Å²) in [5, 5.41) is 3.21. The molecule has 3 rings (SSSR count). The van der Waals surface area contributed by atoms with Crippen LogP contribution in [0.5, 0.6) is 0 Å². The number of nitrogens with zero attached hydrogens (tertiary/aromatic N) is 2. The number of aromatic nitrogens is 2. The van der Waals surface area contributed by atoms with Crippen molar-refractivity contribution in [2.45, 2.75) is 57.8 Å². The molecule has 0 spiro atoms. The fourth-order valence-corrected chi connectivity index (χ4v) is 2.54. The maximum absolute atomic E-state index is 5.99. The topological polar surface area (TPSA) is 65.5 Å². The summed E-state index contributed by atoms with van der Waals surface area (Å²) in [6, 6.07) is 0. The van der Waals surface area contributed by atoms with E-state index in [1.807, 2.05) is 27.7 Å². The Morgan fingerprint density at radius 1 is 1.18 bits per heavy atom. The zero-order valence-electron chi connectivity index (χ0n) is 13.8. The molecule has 0 amide bonds. The number of anilines is 1. The maximum atomic E-state index is 5.99. The second kappa shape index (κ2) is 5.79. The highest BCUT2D eigenvalue weighted by atomic mass is 16.7. The number of nitrogens with one attached hydrogen (secondary N) is 1. The summed E-state index contributed by atoms with van der Waals surface area (Å²) in [6.45, 7) is 9.73. The van der Waals surface area contributed by atoms with Crippen molar-refractivity contribution < 1.29 is 14.0 Å². The molecule has 2 fully saturated rings. The lowest BCUT2D eigenvalue weighted by molar-refractivity contribution is 0.00578. The van der Waals surface area contributed by atoms with Gasteiger partial charge < -0.3 is 19.4 Å². The van der Waals surface area contributed by atoms with Crippen molar-refractivity contribution in [2.75, 3.05) is 18.5 Å². The molecule has 2 aliphatic rings. The van der Waals surface area contributed by atoms with Gasteiger partial charge in [0.1, 0.15) is 0 Å². The minimum Gasteiger partial charge on any atom is -0.399 e. The van der Waals surface area contributed by atoms with Gasteiger partial charge in [-0.3, -0.25) is 0 Å². The van der Waals surface area contributed by atoms with Crippen molar-refractivity contribution in [1.29, 1.82) is 0 Å². The van der Waals surface area contributed by atoms with E-state index >= 15 is 0 Å². The van der Waals surface area contributed by atoms with Gasteiger partial charge in [-0.1, -0.05) is 0 Å². The third-order valence-electron chi connectivity index (χ3n) is 4.71. The van der Waals surface area contributed by atoms with E-state index in [0.29, 0.717) is 5.95 Å². The van der Waals surface area contributed by atoms with E-state index < -0.39 is 7.12 Å². The van der Waals surface area contributed by atoms with Crippen LogP contribution in [0.3, 0.4) is 0 Å². The molecule has 22 heavy (non-hydrogen) atoms. The molecule has 0 bridgehead atoms. The summed E-state index contributed by atoms with van der Waals surface area (Å²) in [6.07, 6.45) is 6.01. The molecule has 2 aliphatic heterocycles. The van der Waals surface area contributed by atoms with Crippen LogP contribution < -0.4 is 10.8 Å². The fraction of sp³-hybridized carbons (Fsp3) is 0.733. The van der Waals surface area contributed by atoms with Crippen molar-refractivity contribution in [3.8, 4) is 0 Å². The first-order valence-electron chi connectivity index (χ1n) is 7.90. The van der Waals surface area contributed by atoms with E-state index in [0.717, 1.165) is 31.5 Å². The van der Waals surface area contributed by atoms with Crippen molar-refractivity contribution in [1.82, 2.24) is 9.97 Å². The van der Waals surface area contributed by atoms with Gasteiger partial charge in [-0.2, -0.15) is 0 Å². The lowest BCUT2D eigenvalue weighted by atomic mass is 9.81. The maximum Gasteiger partial charge on any atom is 0.498 e. The zero-order valence-corrected chi connectivity index (χ0v) is 13.8. The van der Waals surface area contributed by atoms with Gasteiger partial charge in [0, 0.05) is 31.0 Å². The van der Waals surface area contributed by atoms with Crippen LogP contribution in [-0.2, 0) is 14.0 Å². The van der Waals surface area contributed by atoms with Crippen molar-refractivity contribution in [2.24, 2.45) is 0 Å². The third kappa shape index (κ3) is 3.11. The minimum absolute atomic E-state index is 0.270. The molecular weight excluding hydrogens is 281 g/mol. The second-order valence-electron chi connectivity index (χ2n) is 6.94. The summed E-state index contributed by atoms with van der Waals surface area (Å²) in [5.41, 5.74) is 0.129. The Balaban J connectivity index is 1.60. The van der Waals surface area contributed by atoms with Crippen LogP contribution in [0.1, 0.15) is 40.5 Å². The Kier molecular flexibility index (Phi) is 4.14. The molecule has 7 heteroatoms. The van der Waals surface area contributed by atoms with Gasteiger partial charge in [0.05, 0.1) is 17.3 Å². The smallest absolute Gasteiger partial charge is 0.399 e. The highest BCUT2D eigenvalue weighted by Crippen LogP contribution is 2.36. The van der Waals surface area contributed by atoms with Crippen LogP contribution in [0.15, 0.2) is 12.4 Å². The Labute approximate surface area is 132 Å². The molecule has 0 radical (unpaired) electrons. The quantitative estimate of drug-likeness (QED) is 0.848. The van der Waals surface area contributed by atoms with Crippen molar-refractivity contribution in [3.05, 3.63) is 12.4 Å². The normalized spacial score (nSPS) is 26.4. The van der Waals surface area contributed by atoms with E-state index in [2.05, 4.69) is 15.3 Å². The number of ether oxygens (including phenoxy) is 1. The van der Waals surface area contributed by atoms with Crippen molar-refractivity contribution >= 4 is 18.5 Å². The average molecular weight is 305 g/mol. The largest absolute Gasteiger partial charge is 0.498 e. The Hall–Kier alpha value is -1.18. The van der Waals surface area contributed by atoms with E-state index in [-0.39, 0.29) is 17.3 Å². The number of hydrogen-bond acceptors (Lipinski definition) is 6. The van der Waals surface area contributed by atoms with E-state index in [4.69, 9.17) is 14.0 Å². The molecule has 0 aliphatic carbocycles. The lowest BCUT2D eigenvalue weighted by Gasteiger charge is -2.32. The highest BCUT2D eigenvalue weighted by Gasteiger charge is 2.51. The lowest BCUT2D eigenvalue weighted by Crippen LogP contribution is -2.41. The molecule has 1 atom stereocenters. The van der Waals surface area contributed by atoms with Crippen LogP contribution in [-0.4, -0.2) is 47.5 Å². The summed E-state index contributed by atoms with van der Waals surface area (Å²) < 4.78 is 17.5. The molecule has 0 aromatic carbocycles. The molecule has 0 saturated carbocycles. The van der Waals surface area contributed by atoms with Gasteiger partial charge in [0.2, 0.25) is 5.95 Å². The average Bonchev–Trinajstić information content (AvgIpc) is 3.04. The summed E-state index contributed by atoms with van der Waals surface area (Å²) >= 11 is 0.